The highest BCUT2D eigenvalue weighted by Crippen LogP contribution is 2.42. The molecule has 32 heavy (non-hydrogen) atoms. The fourth-order valence-corrected chi connectivity index (χ4v) is 4.35. The molecule has 3 aromatic rings. The van der Waals surface area contributed by atoms with Crippen molar-refractivity contribution in [1.29, 1.82) is 0 Å². The van der Waals surface area contributed by atoms with Crippen LogP contribution >= 0.6 is 0 Å². The number of ether oxygens (including phenoxy) is 1. The summed E-state index contributed by atoms with van der Waals surface area (Å²) in [7, 11) is 1.56. The number of unbranched alkanes of at least 4 members (excludes halogenated alkanes) is 2. The van der Waals surface area contributed by atoms with E-state index in [1.54, 1.807) is 24.1 Å². The molecule has 0 aliphatic carbocycles. The highest BCUT2D eigenvalue weighted by Gasteiger charge is 2.46. The average molecular weight is 430 g/mol. The highest BCUT2D eigenvalue weighted by molar-refractivity contribution is 6.46. The van der Waals surface area contributed by atoms with Crippen molar-refractivity contribution in [2.45, 2.75) is 32.2 Å². The number of carbonyl (C=O) groups excluding carboxylic acids is 2. The standard InChI is InChI=1S/C27H27NO4/c1-3-4-9-16-28-24(21-12-7-8-13-22(21)32-2)23(26(30)27(28)31)25(29)20-15-14-18-10-5-6-11-19(18)17-20/h5-8,10-15,17,24,29H,3-4,9,16H2,1-2H3/b25-23+. The summed E-state index contributed by atoms with van der Waals surface area (Å²) in [5.41, 5.74) is 1.30. The first kappa shape index (κ1) is 21.6. The predicted octanol–water partition coefficient (Wildman–Crippen LogP) is 5.46. The van der Waals surface area contributed by atoms with Gasteiger partial charge in [0, 0.05) is 17.7 Å². The molecule has 1 atom stereocenters. The SMILES string of the molecule is CCCCCN1C(=O)C(=O)/C(=C(/O)c2ccc3ccccc3c2)C1c1ccccc1OC. The number of aliphatic hydroxyl groups excluding tert-OH is 1. The molecule has 1 fully saturated rings. The third-order valence-electron chi connectivity index (χ3n) is 6.00. The van der Waals surface area contributed by atoms with E-state index >= 15 is 0 Å². The van der Waals surface area contributed by atoms with Gasteiger partial charge in [-0.3, -0.25) is 9.59 Å². The molecule has 1 N–H and O–H groups in total. The minimum absolute atomic E-state index is 0.103. The Morgan fingerprint density at radius 2 is 1.69 bits per heavy atom. The number of Topliss-reactive ketones (excluding diaryl/α,β-unsaturated/α-hetero) is 1. The number of methoxy groups -OCH3 is 1. The number of rotatable bonds is 7. The van der Waals surface area contributed by atoms with Gasteiger partial charge in [0.25, 0.3) is 11.7 Å². The molecule has 0 saturated carbocycles. The number of benzene rings is 3. The van der Waals surface area contributed by atoms with E-state index in [1.807, 2.05) is 54.6 Å². The molecule has 1 heterocycles. The van der Waals surface area contributed by atoms with Crippen LogP contribution in [0.25, 0.3) is 16.5 Å². The molecule has 1 saturated heterocycles. The Morgan fingerprint density at radius 1 is 0.969 bits per heavy atom. The number of amides is 1. The second kappa shape index (κ2) is 9.27. The van der Waals surface area contributed by atoms with Gasteiger partial charge in [-0.2, -0.15) is 0 Å². The van der Waals surface area contributed by atoms with E-state index in [-0.39, 0.29) is 11.3 Å². The summed E-state index contributed by atoms with van der Waals surface area (Å²) in [6, 6.07) is 20.0. The van der Waals surface area contributed by atoms with Crippen LogP contribution in [0.1, 0.15) is 43.4 Å². The lowest BCUT2D eigenvalue weighted by molar-refractivity contribution is -0.139. The van der Waals surface area contributed by atoms with E-state index < -0.39 is 17.7 Å². The highest BCUT2D eigenvalue weighted by atomic mass is 16.5. The topological polar surface area (TPSA) is 66.8 Å². The van der Waals surface area contributed by atoms with Crippen LogP contribution < -0.4 is 4.74 Å². The number of likely N-dealkylation sites (tertiary alicyclic amines) is 1. The monoisotopic (exact) mass is 429 g/mol. The first-order chi connectivity index (χ1) is 15.6. The van der Waals surface area contributed by atoms with Gasteiger partial charge < -0.3 is 14.7 Å². The van der Waals surface area contributed by atoms with E-state index in [0.29, 0.717) is 23.4 Å². The third-order valence-corrected chi connectivity index (χ3v) is 6.00. The van der Waals surface area contributed by atoms with E-state index in [2.05, 4.69) is 6.92 Å². The number of carbonyl (C=O) groups is 2. The Labute approximate surface area is 187 Å². The van der Waals surface area contributed by atoms with Gasteiger partial charge >= 0.3 is 0 Å². The molecule has 0 radical (unpaired) electrons. The minimum atomic E-state index is -0.700. The lowest BCUT2D eigenvalue weighted by Gasteiger charge is -2.26. The second-order valence-electron chi connectivity index (χ2n) is 8.00. The number of hydrogen-bond donors (Lipinski definition) is 1. The minimum Gasteiger partial charge on any atom is -0.507 e. The van der Waals surface area contributed by atoms with Crippen molar-refractivity contribution >= 4 is 28.2 Å². The van der Waals surface area contributed by atoms with Gasteiger partial charge in [0.15, 0.2) is 0 Å². The molecule has 5 heteroatoms. The lowest BCUT2D eigenvalue weighted by atomic mass is 9.94. The lowest BCUT2D eigenvalue weighted by Crippen LogP contribution is -2.30. The zero-order chi connectivity index (χ0) is 22.7. The zero-order valence-corrected chi connectivity index (χ0v) is 18.4. The molecule has 0 spiro atoms. The van der Waals surface area contributed by atoms with Crippen molar-refractivity contribution in [3.05, 3.63) is 83.4 Å². The summed E-state index contributed by atoms with van der Waals surface area (Å²) < 4.78 is 5.54. The van der Waals surface area contributed by atoms with E-state index in [0.717, 1.165) is 30.0 Å². The van der Waals surface area contributed by atoms with Crippen molar-refractivity contribution in [2.75, 3.05) is 13.7 Å². The van der Waals surface area contributed by atoms with E-state index in [4.69, 9.17) is 4.74 Å². The summed E-state index contributed by atoms with van der Waals surface area (Å²) in [4.78, 5) is 27.8. The summed E-state index contributed by atoms with van der Waals surface area (Å²) in [6.45, 7) is 2.53. The van der Waals surface area contributed by atoms with Crippen molar-refractivity contribution in [3.8, 4) is 5.75 Å². The fourth-order valence-electron chi connectivity index (χ4n) is 4.35. The van der Waals surface area contributed by atoms with Gasteiger partial charge in [0.1, 0.15) is 11.5 Å². The normalized spacial score (nSPS) is 17.8. The molecule has 164 valence electrons. The number of ketones is 1. The van der Waals surface area contributed by atoms with Crippen LogP contribution in [0.3, 0.4) is 0 Å². The molecule has 5 nitrogen and oxygen atoms in total. The Bertz CT molecular complexity index is 1200. The molecular formula is C27H27NO4. The smallest absolute Gasteiger partial charge is 0.295 e. The van der Waals surface area contributed by atoms with Crippen LogP contribution in [0.4, 0.5) is 0 Å². The number of para-hydroxylation sites is 1. The largest absolute Gasteiger partial charge is 0.507 e. The number of fused-ring (bicyclic) bond motifs is 1. The second-order valence-corrected chi connectivity index (χ2v) is 8.00. The first-order valence-corrected chi connectivity index (χ1v) is 11.0. The molecule has 1 unspecified atom stereocenters. The van der Waals surface area contributed by atoms with Crippen molar-refractivity contribution in [3.63, 3.8) is 0 Å². The number of nitrogens with zero attached hydrogens (tertiary/aromatic N) is 1. The quantitative estimate of drug-likeness (QED) is 0.234. The van der Waals surface area contributed by atoms with E-state index in [1.165, 1.54) is 0 Å². The average Bonchev–Trinajstić information content (AvgIpc) is 3.08. The summed E-state index contributed by atoms with van der Waals surface area (Å²) in [6.07, 6.45) is 2.73. The molecule has 0 aromatic heterocycles. The Balaban J connectivity index is 1.88. The van der Waals surface area contributed by atoms with E-state index in [9.17, 15) is 14.7 Å². The molecule has 3 aromatic carbocycles. The van der Waals surface area contributed by atoms with Crippen LogP contribution in [-0.2, 0) is 9.59 Å². The predicted molar refractivity (Wildman–Crippen MR) is 125 cm³/mol. The molecule has 1 aliphatic heterocycles. The van der Waals surface area contributed by atoms with Gasteiger partial charge in [0.2, 0.25) is 0 Å². The van der Waals surface area contributed by atoms with Gasteiger partial charge in [-0.15, -0.1) is 0 Å². The third kappa shape index (κ3) is 3.86. The maximum Gasteiger partial charge on any atom is 0.295 e. The Morgan fingerprint density at radius 3 is 2.44 bits per heavy atom. The molecular weight excluding hydrogens is 402 g/mol. The van der Waals surface area contributed by atoms with Crippen LogP contribution in [0, 0.1) is 0 Å². The fraction of sp³-hybridized carbons (Fsp3) is 0.259. The van der Waals surface area contributed by atoms with Crippen LogP contribution in [0.15, 0.2) is 72.3 Å². The maximum absolute atomic E-state index is 13.2. The van der Waals surface area contributed by atoms with Gasteiger partial charge in [-0.05, 0) is 29.3 Å². The number of hydrogen-bond acceptors (Lipinski definition) is 4. The Kier molecular flexibility index (Phi) is 6.26. The van der Waals surface area contributed by atoms with Crippen LogP contribution in [-0.4, -0.2) is 35.4 Å². The first-order valence-electron chi connectivity index (χ1n) is 11.0. The Hall–Kier alpha value is -3.60. The van der Waals surface area contributed by atoms with Crippen LogP contribution in [0.2, 0.25) is 0 Å². The zero-order valence-electron chi connectivity index (χ0n) is 18.4. The summed E-state index contributed by atoms with van der Waals surface area (Å²) in [5.74, 6) is -0.838. The number of aliphatic hydroxyl groups is 1. The van der Waals surface area contributed by atoms with Crippen molar-refractivity contribution < 1.29 is 19.4 Å². The van der Waals surface area contributed by atoms with Gasteiger partial charge in [-0.1, -0.05) is 74.4 Å². The molecule has 1 aliphatic rings. The molecule has 1 amide bonds. The summed E-state index contributed by atoms with van der Waals surface area (Å²) in [5, 5.41) is 13.3. The van der Waals surface area contributed by atoms with Crippen molar-refractivity contribution in [2.24, 2.45) is 0 Å². The van der Waals surface area contributed by atoms with Gasteiger partial charge in [0.05, 0.1) is 18.7 Å². The summed E-state index contributed by atoms with van der Waals surface area (Å²) >= 11 is 0. The molecule has 0 bridgehead atoms. The van der Waals surface area contributed by atoms with Crippen LogP contribution in [0.5, 0.6) is 5.75 Å². The van der Waals surface area contributed by atoms with Gasteiger partial charge in [-0.25, -0.2) is 0 Å². The maximum atomic E-state index is 13.2. The van der Waals surface area contributed by atoms with Crippen molar-refractivity contribution in [1.82, 2.24) is 4.90 Å². The molecule has 4 rings (SSSR count).